The molecule has 3 rings (SSSR count). The molecule has 2 aromatic rings. The molecule has 0 N–H and O–H groups in total. The third kappa shape index (κ3) is 5.99. The number of carbonyl (C=O) groups excluding carboxylic acids is 3. The van der Waals surface area contributed by atoms with E-state index in [9.17, 15) is 14.4 Å². The van der Waals surface area contributed by atoms with Gasteiger partial charge in [-0.3, -0.25) is 19.3 Å². The number of hydrogen-bond donors (Lipinski definition) is 0. The van der Waals surface area contributed by atoms with Crippen LogP contribution >= 0.6 is 11.3 Å². The van der Waals surface area contributed by atoms with Gasteiger partial charge in [-0.2, -0.15) is 0 Å². The second kappa shape index (κ2) is 10.0. The van der Waals surface area contributed by atoms with E-state index in [-0.39, 0.29) is 30.3 Å². The number of hydrogen-bond acceptors (Lipinski definition) is 6. The molecule has 1 aliphatic heterocycles. The minimum atomic E-state index is -0.416. The quantitative estimate of drug-likeness (QED) is 0.587. The molecule has 0 unspecified atom stereocenters. The van der Waals surface area contributed by atoms with Crippen molar-refractivity contribution in [2.45, 2.75) is 61.0 Å². The highest BCUT2D eigenvalue weighted by atomic mass is 32.1. The Morgan fingerprint density at radius 1 is 1.18 bits per heavy atom. The number of thiazole rings is 1. The van der Waals surface area contributed by atoms with Crippen LogP contribution in [0.2, 0.25) is 0 Å². The largest absolute Gasteiger partial charge is 0.459 e. The molecule has 178 valence electrons. The van der Waals surface area contributed by atoms with E-state index in [2.05, 4.69) is 4.98 Å². The van der Waals surface area contributed by atoms with Gasteiger partial charge in [0.1, 0.15) is 6.61 Å². The normalized spacial score (nSPS) is 14.8. The van der Waals surface area contributed by atoms with Crippen LogP contribution in [0.1, 0.15) is 57.4 Å². The van der Waals surface area contributed by atoms with E-state index >= 15 is 0 Å². The minimum absolute atomic E-state index is 0.0646. The first-order chi connectivity index (χ1) is 15.5. The SMILES string of the molecule is CC(=O)N(c1nc(COC(=O)C2CCN(C(=O)C(C)(C)C)CC2)cs1)c1ccc(C)cc1C. The van der Waals surface area contributed by atoms with Gasteiger partial charge in [-0.25, -0.2) is 4.98 Å². The summed E-state index contributed by atoms with van der Waals surface area (Å²) < 4.78 is 5.53. The molecule has 2 heterocycles. The van der Waals surface area contributed by atoms with Crippen LogP contribution in [0.25, 0.3) is 0 Å². The molecule has 1 fully saturated rings. The first-order valence-corrected chi connectivity index (χ1v) is 12.1. The molecular weight excluding hydrogens is 438 g/mol. The van der Waals surface area contributed by atoms with Crippen molar-refractivity contribution < 1.29 is 19.1 Å². The molecule has 33 heavy (non-hydrogen) atoms. The van der Waals surface area contributed by atoms with Crippen molar-refractivity contribution in [3.63, 3.8) is 0 Å². The number of aromatic nitrogens is 1. The Labute approximate surface area is 199 Å². The van der Waals surface area contributed by atoms with E-state index in [0.717, 1.165) is 16.8 Å². The summed E-state index contributed by atoms with van der Waals surface area (Å²) in [5, 5.41) is 2.36. The van der Waals surface area contributed by atoms with Crippen molar-refractivity contribution in [3.8, 4) is 0 Å². The van der Waals surface area contributed by atoms with Crippen molar-refractivity contribution in [2.75, 3.05) is 18.0 Å². The summed E-state index contributed by atoms with van der Waals surface area (Å²) in [6, 6.07) is 5.92. The third-order valence-electron chi connectivity index (χ3n) is 5.76. The summed E-state index contributed by atoms with van der Waals surface area (Å²) in [5.41, 5.74) is 3.10. The molecule has 8 heteroatoms. The maximum atomic E-state index is 12.6. The van der Waals surface area contributed by atoms with Gasteiger partial charge < -0.3 is 9.64 Å². The van der Waals surface area contributed by atoms with Crippen LogP contribution in [-0.4, -0.2) is 40.8 Å². The molecule has 1 aromatic heterocycles. The molecule has 0 aliphatic carbocycles. The number of esters is 1. The second-order valence-electron chi connectivity index (χ2n) is 9.69. The number of anilines is 2. The maximum absolute atomic E-state index is 12.6. The summed E-state index contributed by atoms with van der Waals surface area (Å²) in [5.74, 6) is -0.485. The van der Waals surface area contributed by atoms with Gasteiger partial charge in [0.25, 0.3) is 0 Å². The van der Waals surface area contributed by atoms with Crippen LogP contribution in [0, 0.1) is 25.2 Å². The average Bonchev–Trinajstić information content (AvgIpc) is 3.21. The first-order valence-electron chi connectivity index (χ1n) is 11.3. The van der Waals surface area contributed by atoms with E-state index < -0.39 is 5.41 Å². The van der Waals surface area contributed by atoms with Gasteiger partial charge >= 0.3 is 5.97 Å². The summed E-state index contributed by atoms with van der Waals surface area (Å²) >= 11 is 1.35. The Morgan fingerprint density at radius 3 is 2.42 bits per heavy atom. The highest BCUT2D eigenvalue weighted by Gasteiger charge is 2.33. The van der Waals surface area contributed by atoms with E-state index in [4.69, 9.17) is 4.74 Å². The Balaban J connectivity index is 1.59. The number of aryl methyl sites for hydroxylation is 2. The lowest BCUT2D eigenvalue weighted by atomic mass is 9.91. The molecule has 1 saturated heterocycles. The Bertz CT molecular complexity index is 1030. The van der Waals surface area contributed by atoms with E-state index in [1.54, 1.807) is 4.90 Å². The standard InChI is InChI=1S/C25H33N3O4S/c1-16-7-8-21(17(2)13-16)28(18(3)29)24-26-20(15-33-24)14-32-22(30)19-9-11-27(12-10-19)23(31)25(4,5)6/h7-8,13,15,19H,9-12,14H2,1-6H3. The zero-order valence-electron chi connectivity index (χ0n) is 20.3. The van der Waals surface area contributed by atoms with Crippen molar-refractivity contribution in [2.24, 2.45) is 11.3 Å². The number of amides is 2. The van der Waals surface area contributed by atoms with Crippen LogP contribution in [0.3, 0.4) is 0 Å². The molecule has 1 aromatic carbocycles. The average molecular weight is 472 g/mol. The molecule has 1 aliphatic rings. The number of rotatable bonds is 5. The van der Waals surface area contributed by atoms with Crippen molar-refractivity contribution in [3.05, 3.63) is 40.4 Å². The predicted octanol–water partition coefficient (Wildman–Crippen LogP) is 4.77. The van der Waals surface area contributed by atoms with Crippen LogP contribution in [-0.2, 0) is 25.7 Å². The Hall–Kier alpha value is -2.74. The van der Waals surface area contributed by atoms with Gasteiger partial charge in [0, 0.05) is 30.8 Å². The van der Waals surface area contributed by atoms with Gasteiger partial charge in [0.2, 0.25) is 11.8 Å². The summed E-state index contributed by atoms with van der Waals surface area (Å²) in [6.07, 6.45) is 1.21. The van der Waals surface area contributed by atoms with Crippen LogP contribution in [0.4, 0.5) is 10.8 Å². The lowest BCUT2D eigenvalue weighted by molar-refractivity contribution is -0.154. The molecule has 0 radical (unpaired) electrons. The summed E-state index contributed by atoms with van der Waals surface area (Å²) in [6.45, 7) is 12.4. The smallest absolute Gasteiger partial charge is 0.309 e. The number of likely N-dealkylation sites (tertiary alicyclic amines) is 1. The molecule has 2 amide bonds. The minimum Gasteiger partial charge on any atom is -0.459 e. The van der Waals surface area contributed by atoms with Crippen LogP contribution in [0.15, 0.2) is 23.6 Å². The highest BCUT2D eigenvalue weighted by Crippen LogP contribution is 2.32. The maximum Gasteiger partial charge on any atom is 0.309 e. The molecule has 7 nitrogen and oxygen atoms in total. The fourth-order valence-corrected chi connectivity index (χ4v) is 4.85. The third-order valence-corrected chi connectivity index (χ3v) is 6.63. The molecule has 0 spiro atoms. The second-order valence-corrected chi connectivity index (χ2v) is 10.5. The molecule has 0 bridgehead atoms. The van der Waals surface area contributed by atoms with E-state index in [1.165, 1.54) is 18.3 Å². The van der Waals surface area contributed by atoms with Gasteiger partial charge in [0.05, 0.1) is 17.3 Å². The Morgan fingerprint density at radius 2 is 1.85 bits per heavy atom. The van der Waals surface area contributed by atoms with Gasteiger partial charge in [-0.15, -0.1) is 11.3 Å². The highest BCUT2D eigenvalue weighted by molar-refractivity contribution is 7.14. The van der Waals surface area contributed by atoms with E-state index in [0.29, 0.717) is 36.8 Å². The van der Waals surface area contributed by atoms with Gasteiger partial charge in [0.15, 0.2) is 5.13 Å². The van der Waals surface area contributed by atoms with Crippen molar-refractivity contribution in [1.29, 1.82) is 0 Å². The van der Waals surface area contributed by atoms with Crippen molar-refractivity contribution in [1.82, 2.24) is 9.88 Å². The topological polar surface area (TPSA) is 79.8 Å². The zero-order chi connectivity index (χ0) is 24.3. The summed E-state index contributed by atoms with van der Waals surface area (Å²) in [7, 11) is 0. The lowest BCUT2D eigenvalue weighted by Gasteiger charge is -2.34. The zero-order valence-corrected chi connectivity index (χ0v) is 21.1. The molecule has 0 saturated carbocycles. The van der Waals surface area contributed by atoms with Gasteiger partial charge in [-0.05, 0) is 38.3 Å². The number of carbonyl (C=O) groups is 3. The first kappa shape index (κ1) is 24.9. The van der Waals surface area contributed by atoms with Crippen molar-refractivity contribution >= 4 is 39.9 Å². The van der Waals surface area contributed by atoms with Crippen LogP contribution in [0.5, 0.6) is 0 Å². The Kier molecular flexibility index (Phi) is 7.57. The number of piperidine rings is 1. The number of ether oxygens (including phenoxy) is 1. The fraction of sp³-hybridized carbons (Fsp3) is 0.520. The lowest BCUT2D eigenvalue weighted by Crippen LogP contribution is -2.45. The van der Waals surface area contributed by atoms with E-state index in [1.807, 2.05) is 63.1 Å². The monoisotopic (exact) mass is 471 g/mol. The predicted molar refractivity (Wildman–Crippen MR) is 129 cm³/mol. The van der Waals surface area contributed by atoms with Crippen LogP contribution < -0.4 is 4.90 Å². The fourth-order valence-electron chi connectivity index (χ4n) is 3.98. The molecular formula is C25H33N3O4S. The number of benzene rings is 1. The molecule has 0 atom stereocenters. The van der Waals surface area contributed by atoms with Gasteiger partial charge in [-0.1, -0.05) is 38.5 Å². The summed E-state index contributed by atoms with van der Waals surface area (Å²) in [4.78, 5) is 45.4. The number of nitrogens with zero attached hydrogens (tertiary/aromatic N) is 3.